The van der Waals surface area contributed by atoms with Crippen LogP contribution in [0, 0.1) is 0 Å². The average Bonchev–Trinajstić information content (AvgIpc) is 2.85. The van der Waals surface area contributed by atoms with Crippen molar-refractivity contribution in [2.45, 2.75) is 6.18 Å². The van der Waals surface area contributed by atoms with Crippen molar-refractivity contribution < 1.29 is 31.9 Å². The molecular weight excluding hydrogens is 497 g/mol. The number of alkyl halides is 3. The molecule has 0 amide bonds. The van der Waals surface area contributed by atoms with E-state index in [9.17, 15) is 22.8 Å². The predicted octanol–water partition coefficient (Wildman–Crippen LogP) is 7.63. The number of carbonyl (C=O) groups excluding carboxylic acids is 1. The van der Waals surface area contributed by atoms with E-state index in [0.29, 0.717) is 5.02 Å². The van der Waals surface area contributed by atoms with Gasteiger partial charge in [-0.15, -0.1) is 0 Å². The van der Waals surface area contributed by atoms with Gasteiger partial charge in [-0.05, 0) is 53.2 Å². The van der Waals surface area contributed by atoms with Crippen molar-refractivity contribution in [3.63, 3.8) is 0 Å². The monoisotopic (exact) mass is 510 g/mol. The van der Waals surface area contributed by atoms with Crippen LogP contribution in [0.25, 0.3) is 21.7 Å². The van der Waals surface area contributed by atoms with E-state index < -0.39 is 34.7 Å². The van der Waals surface area contributed by atoms with Gasteiger partial charge in [0.1, 0.15) is 17.1 Å². The second-order valence-corrected chi connectivity index (χ2v) is 8.19. The number of esters is 1. The third kappa shape index (κ3) is 4.63. The minimum Gasteiger partial charge on any atom is -0.449 e. The molecule has 1 aromatic heterocycles. The molecule has 0 unspecified atom stereocenters. The molecule has 0 spiro atoms. The first-order valence-corrected chi connectivity index (χ1v) is 10.9. The van der Waals surface area contributed by atoms with Crippen LogP contribution < -0.4 is 14.9 Å². The number of benzene rings is 4. The van der Waals surface area contributed by atoms with Gasteiger partial charge in [0.05, 0.1) is 10.9 Å². The minimum atomic E-state index is -5.03. The van der Waals surface area contributed by atoms with Crippen LogP contribution >= 0.6 is 11.6 Å². The Morgan fingerprint density at radius 3 is 2.33 bits per heavy atom. The number of carbonyl (C=O) groups is 1. The summed E-state index contributed by atoms with van der Waals surface area (Å²) in [7, 11) is 0. The van der Waals surface area contributed by atoms with Crippen molar-refractivity contribution in [1.82, 2.24) is 0 Å². The zero-order chi connectivity index (χ0) is 25.4. The highest BCUT2D eigenvalue weighted by Gasteiger charge is 2.40. The number of halogens is 4. The molecule has 4 aromatic carbocycles. The molecule has 5 nitrogen and oxygen atoms in total. The Hall–Kier alpha value is -4.30. The summed E-state index contributed by atoms with van der Waals surface area (Å²) in [4.78, 5) is 25.4. The van der Waals surface area contributed by atoms with Gasteiger partial charge < -0.3 is 13.9 Å². The first kappa shape index (κ1) is 23.4. The minimum absolute atomic E-state index is 0.0397. The second kappa shape index (κ2) is 9.05. The van der Waals surface area contributed by atoms with E-state index in [1.165, 1.54) is 36.4 Å². The molecule has 0 aliphatic heterocycles. The molecule has 5 rings (SSSR count). The van der Waals surface area contributed by atoms with Gasteiger partial charge in [-0.2, -0.15) is 13.2 Å². The van der Waals surface area contributed by atoms with E-state index in [1.54, 1.807) is 30.3 Å². The van der Waals surface area contributed by atoms with Crippen molar-refractivity contribution in [3.8, 4) is 17.2 Å². The molecule has 1 heterocycles. The topological polar surface area (TPSA) is 65.7 Å². The maximum absolute atomic E-state index is 13.9. The van der Waals surface area contributed by atoms with Crippen molar-refractivity contribution in [1.29, 1.82) is 0 Å². The molecule has 0 saturated heterocycles. The van der Waals surface area contributed by atoms with Crippen molar-refractivity contribution in [2.75, 3.05) is 0 Å². The summed E-state index contributed by atoms with van der Waals surface area (Å²) < 4.78 is 57.3. The quantitative estimate of drug-likeness (QED) is 0.184. The Kier molecular flexibility index (Phi) is 5.89. The van der Waals surface area contributed by atoms with E-state index in [2.05, 4.69) is 0 Å². The molecule has 5 aromatic rings. The zero-order valence-corrected chi connectivity index (χ0v) is 18.9. The van der Waals surface area contributed by atoms with E-state index in [-0.39, 0.29) is 22.4 Å². The predicted molar refractivity (Wildman–Crippen MR) is 128 cm³/mol. The van der Waals surface area contributed by atoms with Gasteiger partial charge in [0.25, 0.3) is 5.76 Å². The van der Waals surface area contributed by atoms with Gasteiger partial charge in [0, 0.05) is 11.1 Å². The summed E-state index contributed by atoms with van der Waals surface area (Å²) in [5, 5.41) is 1.70. The first-order valence-electron chi connectivity index (χ1n) is 10.5. The van der Waals surface area contributed by atoms with Crippen LogP contribution in [0.1, 0.15) is 16.1 Å². The van der Waals surface area contributed by atoms with Gasteiger partial charge in [-0.3, -0.25) is 4.79 Å². The molecule has 0 aliphatic carbocycles. The molecular formula is C27H14ClF3O5. The molecule has 0 N–H and O–H groups in total. The highest BCUT2D eigenvalue weighted by atomic mass is 35.5. The highest BCUT2D eigenvalue weighted by Crippen LogP contribution is 2.39. The van der Waals surface area contributed by atoms with Crippen LogP contribution in [0.5, 0.6) is 17.2 Å². The lowest BCUT2D eigenvalue weighted by Gasteiger charge is -2.14. The lowest BCUT2D eigenvalue weighted by molar-refractivity contribution is -0.154. The largest absolute Gasteiger partial charge is 0.453 e. The molecule has 0 radical (unpaired) electrons. The molecule has 0 atom stereocenters. The van der Waals surface area contributed by atoms with Gasteiger partial charge in [0.15, 0.2) is 0 Å². The third-order valence-electron chi connectivity index (χ3n) is 5.29. The number of hydrogen-bond acceptors (Lipinski definition) is 5. The van der Waals surface area contributed by atoms with Crippen molar-refractivity contribution in [3.05, 3.63) is 111 Å². The van der Waals surface area contributed by atoms with Gasteiger partial charge in [-0.1, -0.05) is 48.0 Å². The van der Waals surface area contributed by atoms with Crippen LogP contribution in [0.4, 0.5) is 13.2 Å². The summed E-state index contributed by atoms with van der Waals surface area (Å²) in [6.45, 7) is 0. The summed E-state index contributed by atoms with van der Waals surface area (Å²) in [6, 6.07) is 21.3. The maximum atomic E-state index is 13.9. The number of hydrogen-bond donors (Lipinski definition) is 0. The fraction of sp³-hybridized carbons (Fsp3) is 0.0370. The van der Waals surface area contributed by atoms with Crippen LogP contribution in [0.3, 0.4) is 0 Å². The molecule has 0 bridgehead atoms. The summed E-state index contributed by atoms with van der Waals surface area (Å²) in [6.07, 6.45) is -5.03. The van der Waals surface area contributed by atoms with Gasteiger partial charge in [0.2, 0.25) is 11.2 Å². The summed E-state index contributed by atoms with van der Waals surface area (Å²) in [5.41, 5.74) is -1.31. The van der Waals surface area contributed by atoms with Crippen molar-refractivity contribution >= 4 is 39.3 Å². The second-order valence-electron chi connectivity index (χ2n) is 7.76. The highest BCUT2D eigenvalue weighted by molar-refractivity contribution is 6.30. The third-order valence-corrected chi connectivity index (χ3v) is 5.53. The summed E-state index contributed by atoms with van der Waals surface area (Å²) in [5.74, 6) is -3.46. The normalized spacial score (nSPS) is 11.6. The van der Waals surface area contributed by atoms with Crippen LogP contribution in [0.15, 0.2) is 94.1 Å². The van der Waals surface area contributed by atoms with E-state index >= 15 is 0 Å². The zero-order valence-electron chi connectivity index (χ0n) is 18.1. The Labute approximate surface area is 206 Å². The van der Waals surface area contributed by atoms with Crippen LogP contribution in [-0.4, -0.2) is 5.97 Å². The molecule has 180 valence electrons. The molecule has 0 saturated carbocycles. The Morgan fingerprint density at radius 2 is 1.58 bits per heavy atom. The van der Waals surface area contributed by atoms with Crippen LogP contribution in [0.2, 0.25) is 5.02 Å². The molecule has 36 heavy (non-hydrogen) atoms. The molecule has 9 heteroatoms. The van der Waals surface area contributed by atoms with E-state index in [0.717, 1.165) is 16.8 Å². The smallest absolute Gasteiger partial charge is 0.449 e. The standard InChI is InChI=1S/C27H14ClF3O5/c28-18-7-3-6-17(12-18)26(33)35-20-10-11-21-22(14-20)36-25(27(29,30)31)24(23(21)32)34-19-9-8-15-4-1-2-5-16(15)13-19/h1-14H. The molecule has 0 fully saturated rings. The number of ether oxygens (including phenoxy) is 2. The van der Waals surface area contributed by atoms with Gasteiger partial charge in [-0.25, -0.2) is 4.79 Å². The number of rotatable bonds is 4. The maximum Gasteiger partial charge on any atom is 0.453 e. The van der Waals surface area contributed by atoms with Crippen molar-refractivity contribution in [2.24, 2.45) is 0 Å². The average molecular weight is 511 g/mol. The lowest BCUT2D eigenvalue weighted by Crippen LogP contribution is -2.15. The fourth-order valence-corrected chi connectivity index (χ4v) is 3.82. The van der Waals surface area contributed by atoms with Gasteiger partial charge >= 0.3 is 12.1 Å². The van der Waals surface area contributed by atoms with E-state index in [4.69, 9.17) is 25.5 Å². The van der Waals surface area contributed by atoms with Crippen LogP contribution in [-0.2, 0) is 6.18 Å². The summed E-state index contributed by atoms with van der Waals surface area (Å²) >= 11 is 5.87. The lowest BCUT2D eigenvalue weighted by atomic mass is 10.1. The molecule has 0 aliphatic rings. The Balaban J connectivity index is 1.55. The first-order chi connectivity index (χ1) is 17.2. The Morgan fingerprint density at radius 1 is 0.833 bits per heavy atom. The number of fused-ring (bicyclic) bond motifs is 2. The Bertz CT molecular complexity index is 1690. The SMILES string of the molecule is O=C(Oc1ccc2c(=O)c(Oc3ccc4ccccc4c3)c(C(F)(F)F)oc2c1)c1cccc(Cl)c1. The fourth-order valence-electron chi connectivity index (χ4n) is 3.63. The van der Waals surface area contributed by atoms with E-state index in [1.807, 2.05) is 12.1 Å².